The molecule has 0 amide bonds. The van der Waals surface area contributed by atoms with Crippen LogP contribution in [0, 0.1) is 0 Å². The third-order valence-electron chi connectivity index (χ3n) is 0.696. The molecule has 10 heavy (non-hydrogen) atoms. The van der Waals surface area contributed by atoms with Gasteiger partial charge in [0.15, 0.2) is 0 Å². The minimum Gasteiger partial charge on any atom is -0.358 e. The summed E-state index contributed by atoms with van der Waals surface area (Å²) in [6.07, 6.45) is 4.05. The van der Waals surface area contributed by atoms with Crippen molar-refractivity contribution >= 4 is 11.4 Å². The maximum atomic E-state index is 9.99. The summed E-state index contributed by atoms with van der Waals surface area (Å²) in [5.74, 6) is 0.0309. The van der Waals surface area contributed by atoms with Crippen molar-refractivity contribution in [2.45, 2.75) is 0 Å². The quantitative estimate of drug-likeness (QED) is 0.616. The summed E-state index contributed by atoms with van der Waals surface area (Å²) in [4.78, 5) is 7.19. The molecular formula is C4H4N2O3S. The van der Waals surface area contributed by atoms with Crippen LogP contribution in [0.2, 0.25) is 0 Å². The zero-order valence-corrected chi connectivity index (χ0v) is 5.61. The molecule has 5 nitrogen and oxygen atoms in total. The minimum atomic E-state index is -2.32. The highest BCUT2D eigenvalue weighted by Gasteiger charge is 1.96. The predicted octanol–water partition coefficient (Wildman–Crippen LogP) is -0.00790. The van der Waals surface area contributed by atoms with Crippen LogP contribution in [0.3, 0.4) is 0 Å². The number of nitrogens with zero attached hydrogens (tertiary/aromatic N) is 2. The Balaban J connectivity index is 2.67. The molecule has 0 fully saturated rings. The maximum absolute atomic E-state index is 9.99. The van der Waals surface area contributed by atoms with Gasteiger partial charge >= 0.3 is 11.4 Å². The van der Waals surface area contributed by atoms with Crippen molar-refractivity contribution in [1.82, 2.24) is 9.97 Å². The Kier molecular flexibility index (Phi) is 2.30. The van der Waals surface area contributed by atoms with Crippen molar-refractivity contribution in [2.75, 3.05) is 0 Å². The summed E-state index contributed by atoms with van der Waals surface area (Å²) >= 11 is -2.32. The van der Waals surface area contributed by atoms with Gasteiger partial charge in [0.1, 0.15) is 0 Å². The lowest BCUT2D eigenvalue weighted by Gasteiger charge is -1.94. The normalized spacial score (nSPS) is 12.5. The molecule has 1 heterocycles. The number of hydrogen-bond acceptors (Lipinski definition) is 4. The minimum absolute atomic E-state index is 0.0309. The van der Waals surface area contributed by atoms with Crippen molar-refractivity contribution in [1.29, 1.82) is 0 Å². The Morgan fingerprint density at radius 1 is 1.60 bits per heavy atom. The van der Waals surface area contributed by atoms with E-state index in [1.807, 2.05) is 0 Å². The van der Waals surface area contributed by atoms with Crippen LogP contribution < -0.4 is 4.18 Å². The molecule has 1 atom stereocenters. The summed E-state index contributed by atoms with van der Waals surface area (Å²) in [7, 11) is 0. The van der Waals surface area contributed by atoms with E-state index < -0.39 is 11.4 Å². The summed E-state index contributed by atoms with van der Waals surface area (Å²) < 4.78 is 22.4. The molecule has 0 aromatic carbocycles. The van der Waals surface area contributed by atoms with Crippen molar-refractivity contribution in [3.05, 3.63) is 18.6 Å². The van der Waals surface area contributed by atoms with Crippen molar-refractivity contribution < 1.29 is 12.9 Å². The van der Waals surface area contributed by atoms with Gasteiger partial charge in [-0.1, -0.05) is 0 Å². The average molecular weight is 160 g/mol. The molecule has 0 aliphatic rings. The van der Waals surface area contributed by atoms with Crippen LogP contribution >= 0.6 is 0 Å². The van der Waals surface area contributed by atoms with Crippen molar-refractivity contribution in [2.24, 2.45) is 0 Å². The van der Waals surface area contributed by atoms with E-state index in [-0.39, 0.29) is 5.88 Å². The van der Waals surface area contributed by atoms with E-state index in [9.17, 15) is 4.21 Å². The van der Waals surface area contributed by atoms with E-state index in [1.165, 1.54) is 18.6 Å². The van der Waals surface area contributed by atoms with Crippen LogP contribution in [-0.4, -0.2) is 18.7 Å². The Bertz CT molecular complexity index is 227. The fraction of sp³-hybridized carbons (Fsp3) is 0. The molecule has 0 saturated heterocycles. The molecule has 1 aromatic heterocycles. The summed E-state index contributed by atoms with van der Waals surface area (Å²) in [6.45, 7) is 0. The Hall–Kier alpha value is -1.01. The molecule has 1 N–H and O–H groups in total. The maximum Gasteiger partial charge on any atom is 0.359 e. The predicted molar refractivity (Wildman–Crippen MR) is 33.4 cm³/mol. The van der Waals surface area contributed by atoms with E-state index >= 15 is 0 Å². The van der Waals surface area contributed by atoms with Crippen LogP contribution in [0.25, 0.3) is 0 Å². The van der Waals surface area contributed by atoms with Gasteiger partial charge in [0, 0.05) is 12.4 Å². The molecule has 54 valence electrons. The lowest BCUT2D eigenvalue weighted by atomic mass is 10.7. The third kappa shape index (κ3) is 2.08. The summed E-state index contributed by atoms with van der Waals surface area (Å²) in [5.41, 5.74) is 0. The smallest absolute Gasteiger partial charge is 0.358 e. The van der Waals surface area contributed by atoms with E-state index in [0.29, 0.717) is 0 Å². The number of rotatable bonds is 2. The molecule has 0 aliphatic heterocycles. The number of aromatic nitrogens is 2. The lowest BCUT2D eigenvalue weighted by molar-refractivity contribution is 0.448. The van der Waals surface area contributed by atoms with Gasteiger partial charge in [-0.2, -0.15) is 4.21 Å². The van der Waals surface area contributed by atoms with Crippen LogP contribution in [-0.2, 0) is 11.4 Å². The monoisotopic (exact) mass is 160 g/mol. The molecule has 1 rings (SSSR count). The fourth-order valence-electron chi connectivity index (χ4n) is 0.401. The van der Waals surface area contributed by atoms with Gasteiger partial charge in [0.2, 0.25) is 0 Å². The van der Waals surface area contributed by atoms with Crippen molar-refractivity contribution in [3.63, 3.8) is 0 Å². The van der Waals surface area contributed by atoms with Crippen LogP contribution in [0.5, 0.6) is 5.88 Å². The molecule has 1 unspecified atom stereocenters. The first-order valence-corrected chi connectivity index (χ1v) is 3.37. The molecule has 0 spiro atoms. The topological polar surface area (TPSA) is 72.3 Å². The second-order valence-electron chi connectivity index (χ2n) is 1.34. The Labute approximate surface area is 59.6 Å². The van der Waals surface area contributed by atoms with Gasteiger partial charge in [-0.25, -0.2) is 4.98 Å². The molecule has 0 bridgehead atoms. The first-order chi connectivity index (χ1) is 4.79. The van der Waals surface area contributed by atoms with E-state index in [2.05, 4.69) is 14.2 Å². The standard InChI is InChI=1S/C4H4N2O3S/c7-10(8)9-4-3-5-1-2-6-4/h1-3H,(H,7,8). The van der Waals surface area contributed by atoms with E-state index in [0.717, 1.165) is 0 Å². The molecule has 6 heteroatoms. The van der Waals surface area contributed by atoms with Gasteiger partial charge in [0.05, 0.1) is 6.20 Å². The zero-order chi connectivity index (χ0) is 7.40. The summed E-state index contributed by atoms with van der Waals surface area (Å²) in [6, 6.07) is 0. The van der Waals surface area contributed by atoms with E-state index in [4.69, 9.17) is 4.55 Å². The average Bonchev–Trinajstić information content (AvgIpc) is 1.88. The van der Waals surface area contributed by atoms with Gasteiger partial charge < -0.3 is 4.18 Å². The van der Waals surface area contributed by atoms with E-state index in [1.54, 1.807) is 0 Å². The Morgan fingerprint density at radius 3 is 2.90 bits per heavy atom. The van der Waals surface area contributed by atoms with Gasteiger partial charge in [-0.05, 0) is 0 Å². The highest BCUT2D eigenvalue weighted by molar-refractivity contribution is 7.74. The van der Waals surface area contributed by atoms with Gasteiger partial charge in [-0.3, -0.25) is 9.54 Å². The fourth-order valence-corrected chi connectivity index (χ4v) is 0.634. The molecule has 0 aliphatic carbocycles. The second-order valence-corrected chi connectivity index (χ2v) is 1.94. The summed E-state index contributed by atoms with van der Waals surface area (Å²) in [5, 5.41) is 0. The molecular weight excluding hydrogens is 156 g/mol. The molecule has 0 saturated carbocycles. The first kappa shape index (κ1) is 7.10. The second kappa shape index (κ2) is 3.23. The first-order valence-electron chi connectivity index (χ1n) is 2.34. The lowest BCUT2D eigenvalue weighted by Crippen LogP contribution is -1.98. The molecule has 0 radical (unpaired) electrons. The van der Waals surface area contributed by atoms with Crippen LogP contribution in [0.4, 0.5) is 0 Å². The molecule has 1 aromatic rings. The van der Waals surface area contributed by atoms with Gasteiger partial charge in [-0.15, -0.1) is 0 Å². The van der Waals surface area contributed by atoms with Crippen LogP contribution in [0.1, 0.15) is 0 Å². The van der Waals surface area contributed by atoms with Crippen LogP contribution in [0.15, 0.2) is 18.6 Å². The SMILES string of the molecule is O=S(O)Oc1cnccn1. The Morgan fingerprint density at radius 2 is 2.40 bits per heavy atom. The third-order valence-corrected chi connectivity index (χ3v) is 1.01. The number of hydrogen-bond donors (Lipinski definition) is 1. The highest BCUT2D eigenvalue weighted by atomic mass is 32.2. The largest absolute Gasteiger partial charge is 0.359 e. The highest BCUT2D eigenvalue weighted by Crippen LogP contribution is 2.00. The van der Waals surface area contributed by atoms with Gasteiger partial charge in [0.25, 0.3) is 5.88 Å². The zero-order valence-electron chi connectivity index (χ0n) is 4.80. The van der Waals surface area contributed by atoms with Crippen molar-refractivity contribution in [3.8, 4) is 5.88 Å².